The summed E-state index contributed by atoms with van der Waals surface area (Å²) in [6.45, 7) is 3.12. The fourth-order valence-electron chi connectivity index (χ4n) is 2.59. The molecule has 3 rings (SSSR count). The van der Waals surface area contributed by atoms with E-state index in [1.54, 1.807) is 0 Å². The molecule has 20 heavy (non-hydrogen) atoms. The number of likely N-dealkylation sites (N-methyl/N-ethyl adjacent to an activating group) is 1. The number of pyridine rings is 1. The van der Waals surface area contributed by atoms with Crippen molar-refractivity contribution in [3.8, 4) is 0 Å². The molecule has 0 spiro atoms. The van der Waals surface area contributed by atoms with Gasteiger partial charge in [0.05, 0.1) is 5.52 Å². The second kappa shape index (κ2) is 6.16. The Hall–Kier alpha value is -1.71. The van der Waals surface area contributed by atoms with Gasteiger partial charge in [0.25, 0.3) is 0 Å². The largest absolute Gasteiger partial charge is 0.310 e. The van der Waals surface area contributed by atoms with Crippen LogP contribution in [0, 0.1) is 0 Å². The van der Waals surface area contributed by atoms with E-state index in [1.807, 2.05) is 23.6 Å². The summed E-state index contributed by atoms with van der Waals surface area (Å²) >= 11 is 1.82. The molecule has 0 aliphatic rings. The maximum absolute atomic E-state index is 4.46. The first-order valence-electron chi connectivity index (χ1n) is 6.98. The summed E-state index contributed by atoms with van der Waals surface area (Å²) in [6, 6.07) is 15.2. The van der Waals surface area contributed by atoms with Gasteiger partial charge in [0, 0.05) is 28.9 Å². The highest BCUT2D eigenvalue weighted by Crippen LogP contribution is 2.26. The van der Waals surface area contributed by atoms with Gasteiger partial charge in [-0.15, -0.1) is 11.3 Å². The number of thiophene rings is 1. The van der Waals surface area contributed by atoms with E-state index in [1.165, 1.54) is 15.8 Å². The molecule has 1 aromatic carbocycles. The molecule has 3 aromatic rings. The molecular formula is C17H18N2S. The molecule has 2 nitrogen and oxygen atoms in total. The van der Waals surface area contributed by atoms with Crippen LogP contribution in [0.3, 0.4) is 0 Å². The van der Waals surface area contributed by atoms with Crippen LogP contribution in [0.2, 0.25) is 0 Å². The summed E-state index contributed by atoms with van der Waals surface area (Å²) in [5.74, 6) is 0. The summed E-state index contributed by atoms with van der Waals surface area (Å²) in [7, 11) is 0. The van der Waals surface area contributed by atoms with Crippen LogP contribution in [0.25, 0.3) is 10.9 Å². The molecule has 1 atom stereocenters. The number of aromatic nitrogens is 1. The molecule has 0 saturated heterocycles. The van der Waals surface area contributed by atoms with Gasteiger partial charge < -0.3 is 5.32 Å². The van der Waals surface area contributed by atoms with E-state index in [0.717, 1.165) is 18.5 Å². The lowest BCUT2D eigenvalue weighted by atomic mass is 9.99. The quantitative estimate of drug-likeness (QED) is 0.759. The standard InChI is InChI=1S/C17H18N2S/c1-2-18-17(12-13-6-5-11-20-13)15-9-10-19-16-8-4-3-7-14(15)16/h3-11,17-18H,2,12H2,1H3. The van der Waals surface area contributed by atoms with Crippen molar-refractivity contribution >= 4 is 22.2 Å². The van der Waals surface area contributed by atoms with E-state index in [0.29, 0.717) is 6.04 Å². The zero-order chi connectivity index (χ0) is 13.8. The zero-order valence-electron chi connectivity index (χ0n) is 11.5. The molecule has 3 heteroatoms. The van der Waals surface area contributed by atoms with Gasteiger partial charge in [0.15, 0.2) is 0 Å². The maximum Gasteiger partial charge on any atom is 0.0705 e. The summed E-state index contributed by atoms with van der Waals surface area (Å²) in [5, 5.41) is 7.00. The second-order valence-electron chi connectivity index (χ2n) is 4.81. The summed E-state index contributed by atoms with van der Waals surface area (Å²) < 4.78 is 0. The van der Waals surface area contributed by atoms with E-state index in [2.05, 4.69) is 59.0 Å². The molecule has 0 radical (unpaired) electrons. The van der Waals surface area contributed by atoms with Gasteiger partial charge >= 0.3 is 0 Å². The predicted octanol–water partition coefficient (Wildman–Crippen LogP) is 4.19. The third kappa shape index (κ3) is 2.74. The van der Waals surface area contributed by atoms with E-state index < -0.39 is 0 Å². The van der Waals surface area contributed by atoms with Crippen LogP contribution in [0.5, 0.6) is 0 Å². The van der Waals surface area contributed by atoms with Gasteiger partial charge in [-0.05, 0) is 35.7 Å². The van der Waals surface area contributed by atoms with E-state index in [-0.39, 0.29) is 0 Å². The molecule has 0 saturated carbocycles. The molecule has 0 aliphatic carbocycles. The third-order valence-electron chi connectivity index (χ3n) is 3.49. The third-order valence-corrected chi connectivity index (χ3v) is 4.39. The van der Waals surface area contributed by atoms with Gasteiger partial charge in [0.1, 0.15) is 0 Å². The molecule has 1 N–H and O–H groups in total. The molecule has 0 bridgehead atoms. The van der Waals surface area contributed by atoms with Crippen LogP contribution in [0.15, 0.2) is 54.0 Å². The van der Waals surface area contributed by atoms with E-state index in [4.69, 9.17) is 0 Å². The number of nitrogens with zero attached hydrogens (tertiary/aromatic N) is 1. The summed E-state index contributed by atoms with van der Waals surface area (Å²) in [4.78, 5) is 5.87. The lowest BCUT2D eigenvalue weighted by Crippen LogP contribution is -2.23. The van der Waals surface area contributed by atoms with Crippen LogP contribution in [-0.4, -0.2) is 11.5 Å². The molecule has 0 fully saturated rings. The van der Waals surface area contributed by atoms with Gasteiger partial charge in [-0.2, -0.15) is 0 Å². The molecule has 2 heterocycles. The number of fused-ring (bicyclic) bond motifs is 1. The Morgan fingerprint density at radius 2 is 2.05 bits per heavy atom. The number of benzene rings is 1. The maximum atomic E-state index is 4.46. The topological polar surface area (TPSA) is 24.9 Å². The number of hydrogen-bond donors (Lipinski definition) is 1. The van der Waals surface area contributed by atoms with Crippen molar-refractivity contribution in [2.75, 3.05) is 6.54 Å². The SMILES string of the molecule is CCNC(Cc1cccs1)c1ccnc2ccccc12. The number of para-hydroxylation sites is 1. The van der Waals surface area contributed by atoms with Gasteiger partial charge in [-0.1, -0.05) is 31.2 Å². The minimum atomic E-state index is 0.339. The van der Waals surface area contributed by atoms with Crippen molar-refractivity contribution in [2.24, 2.45) is 0 Å². The smallest absolute Gasteiger partial charge is 0.0705 e. The number of hydrogen-bond acceptors (Lipinski definition) is 3. The average molecular weight is 282 g/mol. The Morgan fingerprint density at radius 3 is 2.85 bits per heavy atom. The lowest BCUT2D eigenvalue weighted by molar-refractivity contribution is 0.556. The fraction of sp³-hybridized carbons (Fsp3) is 0.235. The van der Waals surface area contributed by atoms with Crippen molar-refractivity contribution in [1.82, 2.24) is 10.3 Å². The van der Waals surface area contributed by atoms with E-state index >= 15 is 0 Å². The molecule has 0 aliphatic heterocycles. The Balaban J connectivity index is 2.00. The van der Waals surface area contributed by atoms with Crippen molar-refractivity contribution < 1.29 is 0 Å². The fourth-order valence-corrected chi connectivity index (χ4v) is 3.34. The average Bonchev–Trinajstić information content (AvgIpc) is 2.99. The van der Waals surface area contributed by atoms with Crippen LogP contribution >= 0.6 is 11.3 Å². The first kappa shape index (κ1) is 13.3. The Morgan fingerprint density at radius 1 is 1.15 bits per heavy atom. The normalized spacial score (nSPS) is 12.7. The van der Waals surface area contributed by atoms with Gasteiger partial charge in [-0.3, -0.25) is 4.98 Å². The van der Waals surface area contributed by atoms with E-state index in [9.17, 15) is 0 Å². The van der Waals surface area contributed by atoms with Crippen LogP contribution in [-0.2, 0) is 6.42 Å². The van der Waals surface area contributed by atoms with Crippen LogP contribution in [0.1, 0.15) is 23.4 Å². The van der Waals surface area contributed by atoms with Crippen molar-refractivity contribution in [2.45, 2.75) is 19.4 Å². The Kier molecular flexibility index (Phi) is 4.09. The minimum Gasteiger partial charge on any atom is -0.310 e. The molecule has 1 unspecified atom stereocenters. The molecule has 0 amide bonds. The van der Waals surface area contributed by atoms with Gasteiger partial charge in [-0.25, -0.2) is 0 Å². The van der Waals surface area contributed by atoms with Crippen LogP contribution in [0.4, 0.5) is 0 Å². The predicted molar refractivity (Wildman–Crippen MR) is 86.2 cm³/mol. The first-order valence-corrected chi connectivity index (χ1v) is 7.86. The highest BCUT2D eigenvalue weighted by Gasteiger charge is 2.14. The first-order chi connectivity index (χ1) is 9.88. The molecule has 102 valence electrons. The van der Waals surface area contributed by atoms with Crippen molar-refractivity contribution in [3.63, 3.8) is 0 Å². The van der Waals surface area contributed by atoms with Crippen LogP contribution < -0.4 is 5.32 Å². The van der Waals surface area contributed by atoms with Crippen molar-refractivity contribution in [1.29, 1.82) is 0 Å². The highest BCUT2D eigenvalue weighted by molar-refractivity contribution is 7.09. The molecular weight excluding hydrogens is 264 g/mol. The Labute approximate surface area is 123 Å². The monoisotopic (exact) mass is 282 g/mol. The summed E-state index contributed by atoms with van der Waals surface area (Å²) in [6.07, 6.45) is 2.94. The minimum absolute atomic E-state index is 0.339. The Bertz CT molecular complexity index is 671. The highest BCUT2D eigenvalue weighted by atomic mass is 32.1. The zero-order valence-corrected chi connectivity index (χ0v) is 12.4. The summed E-state index contributed by atoms with van der Waals surface area (Å²) in [5.41, 5.74) is 2.41. The second-order valence-corrected chi connectivity index (χ2v) is 5.84. The number of nitrogens with one attached hydrogen (secondary N) is 1. The van der Waals surface area contributed by atoms with Crippen molar-refractivity contribution in [3.05, 3.63) is 64.5 Å². The number of rotatable bonds is 5. The lowest BCUT2D eigenvalue weighted by Gasteiger charge is -2.19. The van der Waals surface area contributed by atoms with Gasteiger partial charge in [0.2, 0.25) is 0 Å². The molecule has 2 aromatic heterocycles.